The molecule has 0 bridgehead atoms. The maximum Gasteiger partial charge on any atom is 0.294 e. The van der Waals surface area contributed by atoms with E-state index >= 15 is 0 Å². The summed E-state index contributed by atoms with van der Waals surface area (Å²) in [6, 6.07) is 9.09. The van der Waals surface area contributed by atoms with E-state index in [0.717, 1.165) is 11.5 Å². The summed E-state index contributed by atoms with van der Waals surface area (Å²) in [6.07, 6.45) is -0.137. The number of aromatic nitrogens is 2. The van der Waals surface area contributed by atoms with Gasteiger partial charge in [-0.05, 0) is 26.0 Å². The van der Waals surface area contributed by atoms with Gasteiger partial charge in [-0.25, -0.2) is 4.21 Å². The van der Waals surface area contributed by atoms with Crippen molar-refractivity contribution in [3.05, 3.63) is 30.3 Å². The van der Waals surface area contributed by atoms with Crippen LogP contribution >= 0.6 is 11.5 Å². The van der Waals surface area contributed by atoms with Gasteiger partial charge < -0.3 is 14.2 Å². The molecular weight excluding hydrogens is 324 g/mol. The first-order chi connectivity index (χ1) is 10.5. The van der Waals surface area contributed by atoms with Crippen molar-refractivity contribution >= 4 is 22.3 Å². The topological polar surface area (TPSA) is 70.5 Å². The Hall–Kier alpha value is -1.35. The Morgan fingerprint density at radius 3 is 2.86 bits per heavy atom. The highest BCUT2D eigenvalue weighted by molar-refractivity contribution is 7.85. The molecule has 0 aliphatic carbocycles. The summed E-state index contributed by atoms with van der Waals surface area (Å²) in [7, 11) is -1.39. The maximum atomic E-state index is 12.3. The Labute approximate surface area is 135 Å². The highest BCUT2D eigenvalue weighted by Crippen LogP contribution is 2.24. The van der Waals surface area contributed by atoms with E-state index in [0.29, 0.717) is 23.3 Å². The summed E-state index contributed by atoms with van der Waals surface area (Å²) in [4.78, 5) is 4.84. The van der Waals surface area contributed by atoms with Gasteiger partial charge in [0, 0.05) is 16.4 Å². The minimum Gasteiger partial charge on any atom is -0.466 e. The first-order valence-corrected chi connectivity index (χ1v) is 8.71. The summed E-state index contributed by atoms with van der Waals surface area (Å²) in [5.74, 6) is -0.574. The lowest BCUT2D eigenvalue weighted by Crippen LogP contribution is -2.25. The van der Waals surface area contributed by atoms with Crippen molar-refractivity contribution in [2.75, 3.05) is 13.2 Å². The van der Waals surface area contributed by atoms with Crippen molar-refractivity contribution in [2.24, 2.45) is 0 Å². The molecule has 6 nitrogen and oxygen atoms in total. The Kier molecular flexibility index (Phi) is 4.53. The minimum absolute atomic E-state index is 0.137. The number of hydrogen-bond acceptors (Lipinski definition) is 7. The van der Waals surface area contributed by atoms with Crippen LogP contribution in [0.2, 0.25) is 0 Å². The molecule has 0 spiro atoms. The minimum atomic E-state index is -1.39. The average Bonchev–Trinajstić information content (AvgIpc) is 3.11. The molecule has 2 aromatic rings. The predicted octanol–water partition coefficient (Wildman–Crippen LogP) is 2.24. The molecule has 1 saturated heterocycles. The molecule has 22 heavy (non-hydrogen) atoms. The van der Waals surface area contributed by atoms with Crippen molar-refractivity contribution < 1.29 is 18.4 Å². The lowest BCUT2D eigenvalue weighted by Gasteiger charge is -2.16. The fourth-order valence-corrected chi connectivity index (χ4v) is 3.66. The van der Waals surface area contributed by atoms with Crippen LogP contribution in [0.15, 0.2) is 40.4 Å². The lowest BCUT2D eigenvalue weighted by atomic mass is 10.4. The number of nitrogens with zero attached hydrogens (tertiary/aromatic N) is 2. The maximum absolute atomic E-state index is 12.3. The summed E-state index contributed by atoms with van der Waals surface area (Å²) < 4.78 is 33.1. The van der Waals surface area contributed by atoms with E-state index in [1.54, 1.807) is 12.1 Å². The second-order valence-corrected chi connectivity index (χ2v) is 7.27. The van der Waals surface area contributed by atoms with Crippen molar-refractivity contribution in [3.8, 4) is 5.19 Å². The van der Waals surface area contributed by atoms with E-state index in [2.05, 4.69) is 9.36 Å². The Balaban J connectivity index is 1.59. The van der Waals surface area contributed by atoms with Crippen LogP contribution in [-0.4, -0.2) is 38.7 Å². The normalized spacial score (nSPS) is 21.6. The van der Waals surface area contributed by atoms with Crippen LogP contribution in [0.3, 0.4) is 0 Å². The zero-order valence-corrected chi connectivity index (χ0v) is 13.9. The van der Waals surface area contributed by atoms with Crippen LogP contribution < -0.4 is 4.74 Å². The fraction of sp³-hybridized carbons (Fsp3) is 0.429. The first kappa shape index (κ1) is 15.5. The van der Waals surface area contributed by atoms with Crippen LogP contribution in [0, 0.1) is 0 Å². The largest absolute Gasteiger partial charge is 0.466 e. The quantitative estimate of drug-likeness (QED) is 0.831. The molecule has 0 amide bonds. The summed E-state index contributed by atoms with van der Waals surface area (Å²) in [5, 5.41) is 0.641. The molecule has 1 fully saturated rings. The highest BCUT2D eigenvalue weighted by atomic mass is 32.2. The van der Waals surface area contributed by atoms with Crippen molar-refractivity contribution in [2.45, 2.75) is 35.8 Å². The molecule has 1 aromatic heterocycles. The SMILES string of the molecule is CC1(C)OCC(COc2nc(S(=O)c3ccccc3)ns2)O1. The van der Waals surface area contributed by atoms with Crippen molar-refractivity contribution in [3.63, 3.8) is 0 Å². The summed E-state index contributed by atoms with van der Waals surface area (Å²) >= 11 is 1.08. The number of hydrogen-bond donors (Lipinski definition) is 0. The second-order valence-electron chi connectivity index (χ2n) is 5.19. The number of benzene rings is 1. The fourth-order valence-electron chi connectivity index (χ4n) is 1.99. The zero-order valence-electron chi connectivity index (χ0n) is 12.2. The van der Waals surface area contributed by atoms with Crippen LogP contribution in [0.5, 0.6) is 5.19 Å². The van der Waals surface area contributed by atoms with E-state index in [9.17, 15) is 4.21 Å². The molecule has 1 aromatic carbocycles. The van der Waals surface area contributed by atoms with Gasteiger partial charge in [-0.1, -0.05) is 18.2 Å². The molecular formula is C14H16N2O4S2. The third kappa shape index (κ3) is 3.70. The van der Waals surface area contributed by atoms with Gasteiger partial charge in [0.25, 0.3) is 5.19 Å². The van der Waals surface area contributed by atoms with Crippen LogP contribution in [0.1, 0.15) is 13.8 Å². The second kappa shape index (κ2) is 6.41. The molecule has 0 saturated carbocycles. The third-order valence-electron chi connectivity index (χ3n) is 2.97. The van der Waals surface area contributed by atoms with Gasteiger partial charge in [0.1, 0.15) is 23.5 Å². The summed E-state index contributed by atoms with van der Waals surface area (Å²) in [5.41, 5.74) is 0. The van der Waals surface area contributed by atoms with Gasteiger partial charge in [-0.15, -0.1) is 0 Å². The van der Waals surface area contributed by atoms with Crippen LogP contribution in [0.25, 0.3) is 0 Å². The first-order valence-electron chi connectivity index (χ1n) is 6.79. The molecule has 118 valence electrons. The Morgan fingerprint density at radius 1 is 1.41 bits per heavy atom. The van der Waals surface area contributed by atoms with E-state index in [1.807, 2.05) is 32.0 Å². The Bertz CT molecular complexity index is 660. The standard InChI is InChI=1S/C14H16N2O4S2/c1-14(2)19-9-10(20-14)8-18-13-15-12(16-21-13)22(17)11-6-4-3-5-7-11/h3-7,10H,8-9H2,1-2H3. The van der Waals surface area contributed by atoms with Gasteiger partial charge in [0.05, 0.1) is 6.61 Å². The van der Waals surface area contributed by atoms with Gasteiger partial charge in [0.15, 0.2) is 5.79 Å². The average molecular weight is 340 g/mol. The molecule has 3 rings (SSSR count). The van der Waals surface area contributed by atoms with Crippen LogP contribution in [0.4, 0.5) is 0 Å². The Morgan fingerprint density at radius 2 is 2.18 bits per heavy atom. The smallest absolute Gasteiger partial charge is 0.294 e. The van der Waals surface area contributed by atoms with Gasteiger partial charge in [0.2, 0.25) is 5.16 Å². The molecule has 8 heteroatoms. The number of ether oxygens (including phenoxy) is 3. The highest BCUT2D eigenvalue weighted by Gasteiger charge is 2.33. The van der Waals surface area contributed by atoms with Crippen LogP contribution in [-0.2, 0) is 20.3 Å². The molecule has 2 unspecified atom stereocenters. The van der Waals surface area contributed by atoms with E-state index in [4.69, 9.17) is 14.2 Å². The zero-order chi connectivity index (χ0) is 15.6. The lowest BCUT2D eigenvalue weighted by molar-refractivity contribution is -0.141. The van der Waals surface area contributed by atoms with E-state index in [1.165, 1.54) is 0 Å². The predicted molar refractivity (Wildman–Crippen MR) is 81.4 cm³/mol. The molecule has 0 radical (unpaired) electrons. The monoisotopic (exact) mass is 340 g/mol. The van der Waals surface area contributed by atoms with E-state index < -0.39 is 16.6 Å². The molecule has 2 heterocycles. The van der Waals surface area contributed by atoms with Crippen molar-refractivity contribution in [1.82, 2.24) is 9.36 Å². The molecule has 0 N–H and O–H groups in total. The van der Waals surface area contributed by atoms with Gasteiger partial charge in [-0.3, -0.25) is 0 Å². The number of rotatable bonds is 5. The molecule has 1 aliphatic heterocycles. The third-order valence-corrected chi connectivity index (χ3v) is 4.93. The summed E-state index contributed by atoms with van der Waals surface area (Å²) in [6.45, 7) is 4.53. The van der Waals surface area contributed by atoms with Gasteiger partial charge in [-0.2, -0.15) is 9.36 Å². The van der Waals surface area contributed by atoms with E-state index in [-0.39, 0.29) is 11.3 Å². The van der Waals surface area contributed by atoms with Crippen molar-refractivity contribution in [1.29, 1.82) is 0 Å². The molecule has 1 aliphatic rings. The molecule has 2 atom stereocenters. The van der Waals surface area contributed by atoms with Gasteiger partial charge >= 0.3 is 0 Å².